The zero-order valence-corrected chi connectivity index (χ0v) is 14.9. The minimum atomic E-state index is -2.60. The summed E-state index contributed by atoms with van der Waals surface area (Å²) in [5.74, 6) is -3.26. The number of carboxylic acids is 1. The Morgan fingerprint density at radius 2 is 1.68 bits per heavy atom. The maximum atomic E-state index is 14.1. The van der Waals surface area contributed by atoms with Crippen LogP contribution in [0.3, 0.4) is 0 Å². The molecule has 0 heterocycles. The number of aromatic carboxylic acids is 1. The summed E-state index contributed by atoms with van der Waals surface area (Å²) >= 11 is -2.60. The molecule has 0 aromatic heterocycles. The molecule has 0 amide bonds. The van der Waals surface area contributed by atoms with Crippen LogP contribution in [-0.2, 0) is 11.3 Å². The summed E-state index contributed by atoms with van der Waals surface area (Å²) in [7, 11) is 0. The number of carboxylic acid groups (broad SMARTS) is 1. The standard InChI is InChI=1S/C19H13F2NO5S/c20-12-4-7-17(21)16(9-12)11-2-1-3-13(8-11)22(28(26)27)14-5-6-15(19(24)25)18(23)10-14/h1-10,23H,(H,24,25)(H,26,27). The minimum Gasteiger partial charge on any atom is -0.507 e. The fraction of sp³-hybridized carbons (Fsp3) is 0. The minimum absolute atomic E-state index is 0.0280. The second kappa shape index (κ2) is 7.75. The highest BCUT2D eigenvalue weighted by molar-refractivity contribution is 7.81. The van der Waals surface area contributed by atoms with Gasteiger partial charge in [0.15, 0.2) is 0 Å². The molecule has 6 nitrogen and oxygen atoms in total. The Balaban J connectivity index is 2.09. The molecule has 3 aromatic rings. The van der Waals surface area contributed by atoms with Gasteiger partial charge in [0.25, 0.3) is 11.3 Å². The van der Waals surface area contributed by atoms with Crippen LogP contribution >= 0.6 is 0 Å². The third kappa shape index (κ3) is 3.85. The summed E-state index contributed by atoms with van der Waals surface area (Å²) in [5.41, 5.74) is 0.0265. The summed E-state index contributed by atoms with van der Waals surface area (Å²) in [6, 6.07) is 12.1. The summed E-state index contributed by atoms with van der Waals surface area (Å²) < 4.78 is 50.1. The molecule has 144 valence electrons. The number of hydrogen-bond acceptors (Lipinski definition) is 3. The second-order valence-corrected chi connectivity index (χ2v) is 6.53. The Hall–Kier alpha value is -3.30. The van der Waals surface area contributed by atoms with Crippen molar-refractivity contribution in [2.24, 2.45) is 0 Å². The molecule has 0 radical (unpaired) electrons. The SMILES string of the molecule is O=C(O)c1ccc(N(c2cccc(-c3cc(F)ccc3F)c2)S(=O)O)cc1O. The normalized spacial score (nSPS) is 11.8. The number of benzene rings is 3. The topological polar surface area (TPSA) is 98.1 Å². The van der Waals surface area contributed by atoms with Gasteiger partial charge in [0, 0.05) is 11.6 Å². The number of halogens is 2. The van der Waals surface area contributed by atoms with Gasteiger partial charge in [0.2, 0.25) is 0 Å². The first-order chi connectivity index (χ1) is 13.3. The molecule has 0 spiro atoms. The van der Waals surface area contributed by atoms with Crippen LogP contribution in [0.5, 0.6) is 5.75 Å². The highest BCUT2D eigenvalue weighted by Crippen LogP contribution is 2.34. The van der Waals surface area contributed by atoms with E-state index in [4.69, 9.17) is 5.11 Å². The van der Waals surface area contributed by atoms with E-state index in [0.717, 1.165) is 34.6 Å². The van der Waals surface area contributed by atoms with Gasteiger partial charge in [-0.1, -0.05) is 12.1 Å². The monoisotopic (exact) mass is 405 g/mol. The maximum Gasteiger partial charge on any atom is 0.339 e. The highest BCUT2D eigenvalue weighted by Gasteiger charge is 2.19. The van der Waals surface area contributed by atoms with Crippen molar-refractivity contribution in [2.75, 3.05) is 4.31 Å². The van der Waals surface area contributed by atoms with E-state index in [2.05, 4.69) is 0 Å². The zero-order valence-electron chi connectivity index (χ0n) is 14.0. The summed E-state index contributed by atoms with van der Waals surface area (Å²) in [6.45, 7) is 0. The highest BCUT2D eigenvalue weighted by atomic mass is 32.2. The average Bonchev–Trinajstić information content (AvgIpc) is 2.63. The first kappa shape index (κ1) is 19.5. The van der Waals surface area contributed by atoms with Gasteiger partial charge in [-0.2, -0.15) is 0 Å². The molecule has 0 saturated heterocycles. The van der Waals surface area contributed by atoms with Crippen LogP contribution < -0.4 is 4.31 Å². The summed E-state index contributed by atoms with van der Waals surface area (Å²) in [6.07, 6.45) is 0. The lowest BCUT2D eigenvalue weighted by molar-refractivity contribution is 0.0693. The molecule has 0 aliphatic carbocycles. The van der Waals surface area contributed by atoms with Gasteiger partial charge in [0.1, 0.15) is 22.9 Å². The molecule has 0 aliphatic rings. The third-order valence-corrected chi connectivity index (χ3v) is 4.66. The maximum absolute atomic E-state index is 14.1. The van der Waals surface area contributed by atoms with E-state index in [9.17, 15) is 27.4 Å². The van der Waals surface area contributed by atoms with Crippen LogP contribution in [0.15, 0.2) is 60.7 Å². The average molecular weight is 405 g/mol. The van der Waals surface area contributed by atoms with Crippen molar-refractivity contribution in [1.29, 1.82) is 0 Å². The van der Waals surface area contributed by atoms with Crippen molar-refractivity contribution >= 4 is 28.6 Å². The molecular formula is C19H13F2NO5S. The molecule has 3 aromatic carbocycles. The largest absolute Gasteiger partial charge is 0.507 e. The van der Waals surface area contributed by atoms with Crippen molar-refractivity contribution in [1.82, 2.24) is 0 Å². The number of phenols is 1. The molecule has 3 N–H and O–H groups in total. The van der Waals surface area contributed by atoms with E-state index >= 15 is 0 Å². The second-order valence-electron chi connectivity index (χ2n) is 5.71. The van der Waals surface area contributed by atoms with E-state index < -0.39 is 34.6 Å². The van der Waals surface area contributed by atoms with Crippen molar-refractivity contribution in [2.45, 2.75) is 0 Å². The Morgan fingerprint density at radius 3 is 2.32 bits per heavy atom. The number of rotatable bonds is 5. The Bertz CT molecular complexity index is 1090. The zero-order chi connectivity index (χ0) is 20.4. The molecule has 0 fully saturated rings. The summed E-state index contributed by atoms with van der Waals surface area (Å²) in [4.78, 5) is 11.0. The number of nitrogens with zero attached hydrogens (tertiary/aromatic N) is 1. The van der Waals surface area contributed by atoms with Crippen molar-refractivity contribution in [3.63, 3.8) is 0 Å². The van der Waals surface area contributed by atoms with E-state index in [1.807, 2.05) is 0 Å². The number of anilines is 2. The van der Waals surface area contributed by atoms with Crippen molar-refractivity contribution in [3.05, 3.63) is 77.9 Å². The molecule has 28 heavy (non-hydrogen) atoms. The predicted octanol–water partition coefficient (Wildman–Crippen LogP) is 4.31. The van der Waals surface area contributed by atoms with Crippen LogP contribution in [0.4, 0.5) is 20.2 Å². The van der Waals surface area contributed by atoms with Crippen molar-refractivity contribution in [3.8, 4) is 16.9 Å². The van der Waals surface area contributed by atoms with Crippen LogP contribution in [0.2, 0.25) is 0 Å². The van der Waals surface area contributed by atoms with E-state index in [-0.39, 0.29) is 28.1 Å². The molecule has 1 atom stereocenters. The smallest absolute Gasteiger partial charge is 0.339 e. The van der Waals surface area contributed by atoms with Gasteiger partial charge >= 0.3 is 5.97 Å². The first-order valence-electron chi connectivity index (χ1n) is 7.81. The van der Waals surface area contributed by atoms with Gasteiger partial charge < -0.3 is 10.2 Å². The molecule has 0 aliphatic heterocycles. The Kier molecular flexibility index (Phi) is 5.39. The number of carbonyl (C=O) groups is 1. The summed E-state index contributed by atoms with van der Waals surface area (Å²) in [5, 5.41) is 18.8. The van der Waals surface area contributed by atoms with Crippen LogP contribution in [-0.4, -0.2) is 24.9 Å². The Morgan fingerprint density at radius 1 is 0.964 bits per heavy atom. The van der Waals surface area contributed by atoms with Gasteiger partial charge in [-0.15, -0.1) is 0 Å². The fourth-order valence-electron chi connectivity index (χ4n) is 2.68. The van der Waals surface area contributed by atoms with Crippen LogP contribution in [0.25, 0.3) is 11.1 Å². The van der Waals surface area contributed by atoms with Crippen LogP contribution in [0.1, 0.15) is 10.4 Å². The Labute approximate surface area is 160 Å². The van der Waals surface area contributed by atoms with Crippen molar-refractivity contribution < 1.29 is 32.6 Å². The first-order valence-corrected chi connectivity index (χ1v) is 8.87. The quantitative estimate of drug-likeness (QED) is 0.550. The lowest BCUT2D eigenvalue weighted by Gasteiger charge is -2.21. The molecule has 9 heteroatoms. The van der Waals surface area contributed by atoms with Crippen LogP contribution in [0, 0.1) is 11.6 Å². The molecule has 3 rings (SSSR count). The fourth-order valence-corrected chi connectivity index (χ4v) is 3.26. The van der Waals surface area contributed by atoms with Gasteiger partial charge in [-0.05, 0) is 48.0 Å². The lowest BCUT2D eigenvalue weighted by atomic mass is 10.0. The third-order valence-electron chi connectivity index (χ3n) is 3.92. The molecule has 1 unspecified atom stereocenters. The lowest BCUT2D eigenvalue weighted by Crippen LogP contribution is -2.19. The van der Waals surface area contributed by atoms with E-state index in [0.29, 0.717) is 0 Å². The molecule has 0 bridgehead atoms. The molecular weight excluding hydrogens is 392 g/mol. The number of hydrogen-bond donors (Lipinski definition) is 3. The molecule has 0 saturated carbocycles. The predicted molar refractivity (Wildman–Crippen MR) is 99.8 cm³/mol. The van der Waals surface area contributed by atoms with Gasteiger partial charge in [0.05, 0.1) is 11.4 Å². The van der Waals surface area contributed by atoms with E-state index in [1.54, 1.807) is 0 Å². The number of aromatic hydroxyl groups is 1. The van der Waals surface area contributed by atoms with E-state index in [1.165, 1.54) is 30.3 Å². The van der Waals surface area contributed by atoms with Gasteiger partial charge in [-0.25, -0.2) is 22.1 Å². The van der Waals surface area contributed by atoms with Gasteiger partial charge in [-0.3, -0.25) is 4.55 Å².